The van der Waals surface area contributed by atoms with Crippen molar-refractivity contribution in [1.82, 2.24) is 19.9 Å². The van der Waals surface area contributed by atoms with E-state index in [-0.39, 0.29) is 12.1 Å². The van der Waals surface area contributed by atoms with E-state index < -0.39 is 0 Å². The second-order valence-electron chi connectivity index (χ2n) is 4.99. The molecule has 1 N–H and O–H groups in total. The molecule has 0 saturated heterocycles. The zero-order valence-electron chi connectivity index (χ0n) is 12.1. The second kappa shape index (κ2) is 6.20. The molecule has 5 heteroatoms. The average molecular weight is 298 g/mol. The third kappa shape index (κ3) is 3.04. The van der Waals surface area contributed by atoms with Crippen molar-refractivity contribution in [3.05, 3.63) is 70.7 Å². The Hall–Kier alpha value is -1.98. The predicted octanol–water partition coefficient (Wildman–Crippen LogP) is 3.32. The SMILES string of the molecule is CC(NC(c1cccs1)c1nccn1C)c1ccccn1. The van der Waals surface area contributed by atoms with Gasteiger partial charge in [0.15, 0.2) is 0 Å². The minimum Gasteiger partial charge on any atom is -0.336 e. The number of pyridine rings is 1. The molecule has 2 atom stereocenters. The molecule has 0 radical (unpaired) electrons. The van der Waals surface area contributed by atoms with Gasteiger partial charge in [-0.05, 0) is 30.5 Å². The summed E-state index contributed by atoms with van der Waals surface area (Å²) in [4.78, 5) is 10.2. The Balaban J connectivity index is 1.89. The van der Waals surface area contributed by atoms with Crippen molar-refractivity contribution < 1.29 is 0 Å². The highest BCUT2D eigenvalue weighted by molar-refractivity contribution is 7.10. The Morgan fingerprint density at radius 3 is 2.67 bits per heavy atom. The maximum Gasteiger partial charge on any atom is 0.131 e. The van der Waals surface area contributed by atoms with Crippen LogP contribution in [0.2, 0.25) is 0 Å². The molecule has 0 spiro atoms. The number of hydrogen-bond acceptors (Lipinski definition) is 4. The minimum atomic E-state index is 0.0713. The first-order valence-electron chi connectivity index (χ1n) is 6.93. The highest BCUT2D eigenvalue weighted by atomic mass is 32.1. The number of aryl methyl sites for hydroxylation is 1. The van der Waals surface area contributed by atoms with Crippen molar-refractivity contribution >= 4 is 11.3 Å². The second-order valence-corrected chi connectivity index (χ2v) is 5.97. The van der Waals surface area contributed by atoms with Crippen LogP contribution in [0.4, 0.5) is 0 Å². The molecular weight excluding hydrogens is 280 g/mol. The van der Waals surface area contributed by atoms with Gasteiger partial charge in [-0.1, -0.05) is 12.1 Å². The highest BCUT2D eigenvalue weighted by Crippen LogP contribution is 2.27. The number of nitrogens with zero attached hydrogens (tertiary/aromatic N) is 3. The minimum absolute atomic E-state index is 0.0713. The maximum atomic E-state index is 4.51. The van der Waals surface area contributed by atoms with Crippen LogP contribution in [0, 0.1) is 0 Å². The summed E-state index contributed by atoms with van der Waals surface area (Å²) in [6.07, 6.45) is 5.64. The van der Waals surface area contributed by atoms with Crippen LogP contribution in [0.5, 0.6) is 0 Å². The highest BCUT2D eigenvalue weighted by Gasteiger charge is 2.22. The van der Waals surface area contributed by atoms with Gasteiger partial charge in [0.25, 0.3) is 0 Å². The summed E-state index contributed by atoms with van der Waals surface area (Å²) < 4.78 is 2.06. The van der Waals surface area contributed by atoms with Gasteiger partial charge < -0.3 is 4.57 Å². The van der Waals surface area contributed by atoms with E-state index in [9.17, 15) is 0 Å². The molecule has 4 nitrogen and oxygen atoms in total. The Morgan fingerprint density at radius 1 is 1.14 bits per heavy atom. The van der Waals surface area contributed by atoms with E-state index in [1.807, 2.05) is 43.8 Å². The first kappa shape index (κ1) is 14.0. The molecule has 0 aliphatic carbocycles. The van der Waals surface area contributed by atoms with Crippen molar-refractivity contribution in [3.8, 4) is 0 Å². The van der Waals surface area contributed by atoms with Crippen molar-refractivity contribution in [3.63, 3.8) is 0 Å². The first-order valence-corrected chi connectivity index (χ1v) is 7.81. The van der Waals surface area contributed by atoms with Gasteiger partial charge in [0, 0.05) is 36.6 Å². The van der Waals surface area contributed by atoms with Crippen LogP contribution in [-0.2, 0) is 7.05 Å². The lowest BCUT2D eigenvalue weighted by molar-refractivity contribution is 0.486. The van der Waals surface area contributed by atoms with Crippen LogP contribution in [0.15, 0.2) is 54.3 Å². The fourth-order valence-corrected chi connectivity index (χ4v) is 3.14. The molecule has 3 aromatic heterocycles. The van der Waals surface area contributed by atoms with E-state index in [0.717, 1.165) is 11.5 Å². The molecule has 0 aromatic carbocycles. The molecule has 0 aliphatic heterocycles. The van der Waals surface area contributed by atoms with E-state index >= 15 is 0 Å². The molecule has 0 fully saturated rings. The quantitative estimate of drug-likeness (QED) is 0.786. The molecule has 0 aliphatic rings. The zero-order valence-corrected chi connectivity index (χ0v) is 12.9. The molecule has 0 bridgehead atoms. The van der Waals surface area contributed by atoms with Gasteiger partial charge in [0.2, 0.25) is 0 Å². The molecular formula is C16H18N4S. The third-order valence-corrected chi connectivity index (χ3v) is 4.43. The summed E-state index contributed by atoms with van der Waals surface area (Å²) in [7, 11) is 2.02. The van der Waals surface area contributed by atoms with Gasteiger partial charge in [-0.3, -0.25) is 10.3 Å². The number of aromatic nitrogens is 3. The summed E-state index contributed by atoms with van der Waals surface area (Å²) in [5.74, 6) is 1.01. The van der Waals surface area contributed by atoms with Crippen LogP contribution in [-0.4, -0.2) is 14.5 Å². The lowest BCUT2D eigenvalue weighted by Crippen LogP contribution is -2.27. The van der Waals surface area contributed by atoms with Crippen LogP contribution in [0.25, 0.3) is 0 Å². The predicted molar refractivity (Wildman–Crippen MR) is 85.2 cm³/mol. The van der Waals surface area contributed by atoms with Crippen molar-refractivity contribution in [1.29, 1.82) is 0 Å². The topological polar surface area (TPSA) is 42.7 Å². The normalized spacial score (nSPS) is 14.0. The van der Waals surface area contributed by atoms with Crippen molar-refractivity contribution in [2.45, 2.75) is 19.0 Å². The smallest absolute Gasteiger partial charge is 0.131 e. The van der Waals surface area contributed by atoms with E-state index in [0.29, 0.717) is 0 Å². The van der Waals surface area contributed by atoms with Gasteiger partial charge in [-0.15, -0.1) is 11.3 Å². The fourth-order valence-electron chi connectivity index (χ4n) is 2.36. The molecule has 0 saturated carbocycles. The van der Waals surface area contributed by atoms with Crippen molar-refractivity contribution in [2.24, 2.45) is 7.05 Å². The van der Waals surface area contributed by atoms with E-state index in [1.54, 1.807) is 11.3 Å². The van der Waals surface area contributed by atoms with Crippen LogP contribution in [0.3, 0.4) is 0 Å². The molecule has 21 heavy (non-hydrogen) atoms. The molecule has 3 aromatic rings. The summed E-state index contributed by atoms with van der Waals surface area (Å²) in [5.41, 5.74) is 1.04. The van der Waals surface area contributed by atoms with E-state index in [4.69, 9.17) is 0 Å². The Bertz CT molecular complexity index is 675. The summed E-state index contributed by atoms with van der Waals surface area (Å²) in [6.45, 7) is 2.13. The lowest BCUT2D eigenvalue weighted by Gasteiger charge is -2.22. The molecule has 3 rings (SSSR count). The third-order valence-electron chi connectivity index (χ3n) is 3.49. The van der Waals surface area contributed by atoms with Crippen LogP contribution < -0.4 is 5.32 Å². The van der Waals surface area contributed by atoms with Gasteiger partial charge in [-0.25, -0.2) is 4.98 Å². The summed E-state index contributed by atoms with van der Waals surface area (Å²) in [6, 6.07) is 10.4. The summed E-state index contributed by atoms with van der Waals surface area (Å²) >= 11 is 1.74. The van der Waals surface area contributed by atoms with E-state index in [1.165, 1.54) is 4.88 Å². The fraction of sp³-hybridized carbons (Fsp3) is 0.250. The average Bonchev–Trinajstić information content (AvgIpc) is 3.17. The Kier molecular flexibility index (Phi) is 4.13. The number of rotatable bonds is 5. The number of imidazole rings is 1. The lowest BCUT2D eigenvalue weighted by atomic mass is 10.1. The largest absolute Gasteiger partial charge is 0.336 e. The van der Waals surface area contributed by atoms with E-state index in [2.05, 4.69) is 44.3 Å². The van der Waals surface area contributed by atoms with Crippen LogP contribution in [0.1, 0.15) is 35.4 Å². The standard InChI is InChI=1S/C16H18N4S/c1-12(13-6-3-4-8-17-13)19-15(14-7-5-11-21-14)16-18-9-10-20(16)2/h3-12,15,19H,1-2H3. The summed E-state index contributed by atoms with van der Waals surface area (Å²) in [5, 5.41) is 5.74. The molecule has 2 unspecified atom stereocenters. The Labute approximate surface area is 128 Å². The van der Waals surface area contributed by atoms with Crippen LogP contribution >= 0.6 is 11.3 Å². The van der Waals surface area contributed by atoms with Gasteiger partial charge in [0.1, 0.15) is 11.9 Å². The molecule has 108 valence electrons. The number of nitrogens with one attached hydrogen (secondary N) is 1. The monoisotopic (exact) mass is 298 g/mol. The van der Waals surface area contributed by atoms with Crippen molar-refractivity contribution in [2.75, 3.05) is 0 Å². The number of hydrogen-bond donors (Lipinski definition) is 1. The Morgan fingerprint density at radius 2 is 2.05 bits per heavy atom. The van der Waals surface area contributed by atoms with Gasteiger partial charge in [-0.2, -0.15) is 0 Å². The van der Waals surface area contributed by atoms with Gasteiger partial charge >= 0.3 is 0 Å². The first-order chi connectivity index (χ1) is 10.3. The molecule has 3 heterocycles. The zero-order chi connectivity index (χ0) is 14.7. The molecule has 0 amide bonds. The maximum absolute atomic E-state index is 4.51. The number of thiophene rings is 1. The van der Waals surface area contributed by atoms with Gasteiger partial charge in [0.05, 0.1) is 5.69 Å².